The second-order valence-corrected chi connectivity index (χ2v) is 9.74. The topological polar surface area (TPSA) is 86.5 Å². The zero-order valence-electron chi connectivity index (χ0n) is 21.1. The molecule has 36 heavy (non-hydrogen) atoms. The van der Waals surface area contributed by atoms with Gasteiger partial charge in [-0.05, 0) is 61.2 Å². The van der Waals surface area contributed by atoms with Gasteiger partial charge in [0.1, 0.15) is 5.82 Å². The molecule has 7 nitrogen and oxygen atoms in total. The average molecular weight is 489 g/mol. The summed E-state index contributed by atoms with van der Waals surface area (Å²) in [5, 5.41) is 6.00. The summed E-state index contributed by atoms with van der Waals surface area (Å²) in [4.78, 5) is 21.3. The number of nitrogens with one attached hydrogen (secondary N) is 2. The third kappa shape index (κ3) is 4.48. The van der Waals surface area contributed by atoms with Crippen LogP contribution in [0.2, 0.25) is 0 Å². The van der Waals surface area contributed by atoms with E-state index in [1.54, 1.807) is 13.1 Å². The van der Waals surface area contributed by atoms with Gasteiger partial charge in [0.05, 0.1) is 5.56 Å². The number of nitrogens with zero attached hydrogens (tertiary/aromatic N) is 3. The van der Waals surface area contributed by atoms with Crippen molar-refractivity contribution in [1.29, 1.82) is 0 Å². The molecule has 0 atom stereocenters. The predicted octanol–water partition coefficient (Wildman–Crippen LogP) is 3.99. The van der Waals surface area contributed by atoms with E-state index in [0.717, 1.165) is 55.0 Å². The fourth-order valence-electron chi connectivity index (χ4n) is 5.21. The molecule has 188 valence electrons. The smallest absolute Gasteiger partial charge is 0.253 e. The molecule has 0 unspecified atom stereocenters. The van der Waals surface area contributed by atoms with Crippen LogP contribution >= 0.6 is 0 Å². The van der Waals surface area contributed by atoms with E-state index in [0.29, 0.717) is 35.0 Å². The van der Waals surface area contributed by atoms with E-state index in [9.17, 15) is 4.79 Å². The Kier molecular flexibility index (Phi) is 6.53. The monoisotopic (exact) mass is 488 g/mol. The molecule has 1 saturated heterocycles. The Morgan fingerprint density at radius 2 is 1.75 bits per heavy atom. The summed E-state index contributed by atoms with van der Waals surface area (Å²) in [5.74, 6) is -0.567. The van der Waals surface area contributed by atoms with Crippen LogP contribution in [0.25, 0.3) is 22.3 Å². The second kappa shape index (κ2) is 9.78. The fraction of sp³-hybridized carbons (Fsp3) is 0.357. The van der Waals surface area contributed by atoms with Crippen molar-refractivity contribution in [1.82, 2.24) is 15.2 Å². The van der Waals surface area contributed by atoms with E-state index in [2.05, 4.69) is 39.3 Å². The van der Waals surface area contributed by atoms with E-state index >= 15 is 4.39 Å². The number of aromatic nitrogens is 1. The van der Waals surface area contributed by atoms with Gasteiger partial charge in [-0.25, -0.2) is 4.98 Å². The summed E-state index contributed by atoms with van der Waals surface area (Å²) in [6.07, 6.45) is 0.720. The number of anilines is 3. The largest absolute Gasteiger partial charge is 0.387 e. The lowest BCUT2D eigenvalue weighted by molar-refractivity contribution is 0.0947. The third-order valence-electron chi connectivity index (χ3n) is 7.30. The molecule has 0 spiro atoms. The Hall–Kier alpha value is -3.65. The number of hydrogen-bond donors (Lipinski definition) is 3. The molecule has 5 rings (SSSR count). The van der Waals surface area contributed by atoms with Gasteiger partial charge in [-0.3, -0.25) is 9.69 Å². The van der Waals surface area contributed by atoms with Crippen molar-refractivity contribution in [2.75, 3.05) is 55.7 Å². The molecule has 4 N–H and O–H groups in total. The summed E-state index contributed by atoms with van der Waals surface area (Å²) in [5.41, 5.74) is 12.2. The number of nitrogen functional groups attached to an aromatic ring is 1. The Labute approximate surface area is 211 Å². The van der Waals surface area contributed by atoms with Crippen LogP contribution in [0.15, 0.2) is 42.5 Å². The van der Waals surface area contributed by atoms with Crippen molar-refractivity contribution in [3.8, 4) is 22.3 Å². The number of benzene rings is 2. The van der Waals surface area contributed by atoms with E-state index in [-0.39, 0.29) is 11.7 Å². The molecule has 0 aliphatic carbocycles. The Bertz CT molecular complexity index is 1260. The highest BCUT2D eigenvalue weighted by molar-refractivity contribution is 6.03. The first-order valence-corrected chi connectivity index (χ1v) is 12.5. The molecule has 3 heterocycles. The Morgan fingerprint density at radius 1 is 1.03 bits per heavy atom. The SMILES string of the molecule is CNc1cc(-c2cc(-c3ccc(N4CCN(C(C)C)CC4)cc3)c(F)nc2N)cc2c1C(=O)NCC2. The molecule has 3 aromatic rings. The number of carbonyl (C=O) groups excluding carboxylic acids is 1. The molecule has 2 aliphatic rings. The molecule has 1 fully saturated rings. The number of fused-ring (bicyclic) bond motifs is 1. The molecule has 1 amide bonds. The van der Waals surface area contributed by atoms with Crippen LogP contribution in [0.4, 0.5) is 21.6 Å². The van der Waals surface area contributed by atoms with Crippen molar-refractivity contribution in [2.24, 2.45) is 0 Å². The lowest BCUT2D eigenvalue weighted by atomic mass is 9.92. The lowest BCUT2D eigenvalue weighted by Gasteiger charge is -2.38. The number of pyridine rings is 1. The highest BCUT2D eigenvalue weighted by atomic mass is 19.1. The molecule has 0 radical (unpaired) electrons. The minimum absolute atomic E-state index is 0.0937. The number of nitrogens with two attached hydrogens (primary N) is 1. The van der Waals surface area contributed by atoms with Gasteiger partial charge in [0.25, 0.3) is 5.91 Å². The van der Waals surface area contributed by atoms with Gasteiger partial charge < -0.3 is 21.3 Å². The summed E-state index contributed by atoms with van der Waals surface area (Å²) in [6.45, 7) is 9.07. The van der Waals surface area contributed by atoms with Crippen LogP contribution in [-0.4, -0.2) is 61.6 Å². The van der Waals surface area contributed by atoms with Gasteiger partial charge in [0.15, 0.2) is 0 Å². The van der Waals surface area contributed by atoms with E-state index in [1.807, 2.05) is 36.4 Å². The quantitative estimate of drug-likeness (QED) is 0.471. The first-order chi connectivity index (χ1) is 17.4. The highest BCUT2D eigenvalue weighted by Gasteiger charge is 2.23. The molecule has 8 heteroatoms. The molecular weight excluding hydrogens is 455 g/mol. The van der Waals surface area contributed by atoms with Crippen LogP contribution < -0.4 is 21.3 Å². The molecular formula is C28H33FN6O. The summed E-state index contributed by atoms with van der Waals surface area (Å²) in [7, 11) is 1.78. The van der Waals surface area contributed by atoms with Crippen LogP contribution in [-0.2, 0) is 6.42 Å². The number of hydrogen-bond acceptors (Lipinski definition) is 6. The van der Waals surface area contributed by atoms with Crippen LogP contribution in [0.5, 0.6) is 0 Å². The van der Waals surface area contributed by atoms with Gasteiger partial charge in [-0.1, -0.05) is 18.2 Å². The van der Waals surface area contributed by atoms with Gasteiger partial charge in [-0.15, -0.1) is 0 Å². The summed E-state index contributed by atoms with van der Waals surface area (Å²) >= 11 is 0. The highest BCUT2D eigenvalue weighted by Crippen LogP contribution is 2.36. The first-order valence-electron chi connectivity index (χ1n) is 12.5. The standard InChI is InChI=1S/C28H33FN6O/c1-17(2)34-10-12-35(13-11-34)21-6-4-18(5-7-21)22-16-23(27(30)33-26(22)29)20-14-19-8-9-32-28(36)25(19)24(15-20)31-3/h4-7,14-17,31H,8-13H2,1-3H3,(H2,30,33)(H,32,36). The van der Waals surface area contributed by atoms with Crippen molar-refractivity contribution < 1.29 is 9.18 Å². The Balaban J connectivity index is 1.46. The second-order valence-electron chi connectivity index (χ2n) is 9.74. The van der Waals surface area contributed by atoms with Crippen LogP contribution in [0, 0.1) is 5.95 Å². The molecule has 0 bridgehead atoms. The minimum atomic E-state index is -0.597. The zero-order valence-corrected chi connectivity index (χ0v) is 21.1. The minimum Gasteiger partial charge on any atom is -0.387 e. The molecule has 1 aromatic heterocycles. The van der Waals surface area contributed by atoms with Crippen LogP contribution in [0.3, 0.4) is 0 Å². The maximum absolute atomic E-state index is 15.0. The number of carbonyl (C=O) groups is 1. The molecule has 2 aromatic carbocycles. The maximum Gasteiger partial charge on any atom is 0.253 e. The maximum atomic E-state index is 15.0. The summed E-state index contributed by atoms with van der Waals surface area (Å²) < 4.78 is 15.0. The first kappa shape index (κ1) is 24.1. The van der Waals surface area contributed by atoms with E-state index < -0.39 is 5.95 Å². The van der Waals surface area contributed by atoms with Gasteiger partial charge in [0, 0.05) is 68.3 Å². The van der Waals surface area contributed by atoms with Crippen molar-refractivity contribution in [2.45, 2.75) is 26.3 Å². The number of amides is 1. The molecule has 0 saturated carbocycles. The lowest BCUT2D eigenvalue weighted by Crippen LogP contribution is -2.48. The van der Waals surface area contributed by atoms with E-state index in [4.69, 9.17) is 5.73 Å². The van der Waals surface area contributed by atoms with Gasteiger partial charge >= 0.3 is 0 Å². The summed E-state index contributed by atoms with van der Waals surface area (Å²) in [6, 6.07) is 14.1. The number of rotatable bonds is 5. The number of piperazine rings is 1. The van der Waals surface area contributed by atoms with Crippen molar-refractivity contribution in [3.63, 3.8) is 0 Å². The fourth-order valence-corrected chi connectivity index (χ4v) is 5.21. The third-order valence-corrected chi connectivity index (χ3v) is 7.30. The molecule has 2 aliphatic heterocycles. The van der Waals surface area contributed by atoms with Crippen LogP contribution in [0.1, 0.15) is 29.8 Å². The van der Waals surface area contributed by atoms with Crippen molar-refractivity contribution in [3.05, 3.63) is 59.5 Å². The number of halogens is 1. The Morgan fingerprint density at radius 3 is 2.42 bits per heavy atom. The normalized spacial score (nSPS) is 16.1. The van der Waals surface area contributed by atoms with Crippen molar-refractivity contribution >= 4 is 23.1 Å². The predicted molar refractivity (Wildman–Crippen MR) is 144 cm³/mol. The zero-order chi connectivity index (χ0) is 25.4. The van der Waals surface area contributed by atoms with E-state index in [1.165, 1.54) is 0 Å². The average Bonchev–Trinajstić information content (AvgIpc) is 2.88. The van der Waals surface area contributed by atoms with Gasteiger partial charge in [-0.2, -0.15) is 4.39 Å². The van der Waals surface area contributed by atoms with Gasteiger partial charge in [0.2, 0.25) is 5.95 Å².